The first kappa shape index (κ1) is 22.9. The molecule has 3 rings (SSSR count). The summed E-state index contributed by atoms with van der Waals surface area (Å²) in [4.78, 5) is 30.1. The molecular weight excluding hydrogens is 436 g/mol. The van der Waals surface area contributed by atoms with E-state index in [-0.39, 0.29) is 23.1 Å². The van der Waals surface area contributed by atoms with Gasteiger partial charge in [-0.1, -0.05) is 6.07 Å². The van der Waals surface area contributed by atoms with Crippen LogP contribution in [0.15, 0.2) is 47.6 Å². The summed E-state index contributed by atoms with van der Waals surface area (Å²) in [5, 5.41) is 4.83. The first-order valence-corrected chi connectivity index (χ1v) is 10.3. The second-order valence-electron chi connectivity index (χ2n) is 7.01. The highest BCUT2D eigenvalue weighted by Crippen LogP contribution is 2.37. The molecule has 0 radical (unpaired) electrons. The predicted molar refractivity (Wildman–Crippen MR) is 108 cm³/mol. The molecule has 166 valence electrons. The molecule has 1 atom stereocenters. The fourth-order valence-corrected chi connectivity index (χ4v) is 3.91. The molecular formula is C20H20F4N4O2S. The lowest BCUT2D eigenvalue weighted by molar-refractivity contribution is -0.0329. The van der Waals surface area contributed by atoms with Gasteiger partial charge in [-0.25, -0.2) is 14.2 Å². The maximum Gasteiger partial charge on any atom is 0.447 e. The number of likely N-dealkylation sites (tertiary alicyclic amines) is 1. The first-order chi connectivity index (χ1) is 14.7. The van der Waals surface area contributed by atoms with Gasteiger partial charge in [0, 0.05) is 43.3 Å². The number of aromatic nitrogens is 1. The number of hydrogen-bond acceptors (Lipinski definition) is 4. The minimum Gasteiger partial charge on any atom is -0.338 e. The van der Waals surface area contributed by atoms with Gasteiger partial charge in [0.1, 0.15) is 10.8 Å². The summed E-state index contributed by atoms with van der Waals surface area (Å²) < 4.78 is 51.5. The fraction of sp³-hybridized carbons (Fsp3) is 0.350. The molecule has 1 aliphatic heterocycles. The highest BCUT2D eigenvalue weighted by molar-refractivity contribution is 8.00. The zero-order valence-corrected chi connectivity index (χ0v) is 17.1. The zero-order chi connectivity index (χ0) is 22.4. The number of hydrogen-bond donors (Lipinski definition) is 2. The summed E-state index contributed by atoms with van der Waals surface area (Å²) in [5.41, 5.74) is -4.33. The third-order valence-corrected chi connectivity index (χ3v) is 5.40. The van der Waals surface area contributed by atoms with Crippen molar-refractivity contribution in [1.29, 1.82) is 0 Å². The molecule has 0 aliphatic carbocycles. The Labute approximate surface area is 180 Å². The Morgan fingerprint density at radius 3 is 2.77 bits per heavy atom. The average Bonchev–Trinajstić information content (AvgIpc) is 2.71. The van der Waals surface area contributed by atoms with E-state index in [0.717, 1.165) is 6.42 Å². The van der Waals surface area contributed by atoms with Gasteiger partial charge in [-0.15, -0.1) is 0 Å². The van der Waals surface area contributed by atoms with E-state index in [1.54, 1.807) is 6.07 Å². The number of alkyl halides is 3. The molecule has 1 aromatic carbocycles. The summed E-state index contributed by atoms with van der Waals surface area (Å²) in [5.74, 6) is -1.06. The number of piperidine rings is 1. The smallest absolute Gasteiger partial charge is 0.338 e. The van der Waals surface area contributed by atoms with Crippen LogP contribution in [0.1, 0.15) is 23.2 Å². The topological polar surface area (TPSA) is 74.3 Å². The van der Waals surface area contributed by atoms with Crippen LogP contribution in [0.3, 0.4) is 0 Å². The van der Waals surface area contributed by atoms with E-state index in [2.05, 4.69) is 15.6 Å². The van der Waals surface area contributed by atoms with Gasteiger partial charge in [-0.3, -0.25) is 4.79 Å². The van der Waals surface area contributed by atoms with Crippen molar-refractivity contribution in [3.8, 4) is 0 Å². The van der Waals surface area contributed by atoms with Crippen molar-refractivity contribution in [2.45, 2.75) is 23.4 Å². The molecule has 2 N–H and O–H groups in total. The number of benzene rings is 1. The standard InChI is InChI=1S/C20H20F4N4O2S/c21-14-5-1-6-15(10-14)27-19(30)26-11-13-4-3-9-28(12-13)18(29)16-7-2-8-25-17(16)31-20(22,23)24/h1-2,5-8,10,13H,3-4,9,11-12H2,(H2,26,27,30). The number of thioether (sulfide) groups is 1. The average molecular weight is 456 g/mol. The highest BCUT2D eigenvalue weighted by atomic mass is 32.2. The Kier molecular flexibility index (Phi) is 7.37. The molecule has 31 heavy (non-hydrogen) atoms. The molecule has 3 amide bonds. The van der Waals surface area contributed by atoms with Crippen LogP contribution in [0.4, 0.5) is 28.0 Å². The summed E-state index contributed by atoms with van der Waals surface area (Å²) >= 11 is -0.414. The van der Waals surface area contributed by atoms with E-state index in [1.165, 1.54) is 41.4 Å². The van der Waals surface area contributed by atoms with Gasteiger partial charge >= 0.3 is 11.5 Å². The van der Waals surface area contributed by atoms with Crippen LogP contribution >= 0.6 is 11.8 Å². The molecule has 2 heterocycles. The first-order valence-electron chi connectivity index (χ1n) is 9.52. The van der Waals surface area contributed by atoms with E-state index in [4.69, 9.17) is 0 Å². The molecule has 1 fully saturated rings. The Balaban J connectivity index is 1.57. The van der Waals surface area contributed by atoms with Crippen molar-refractivity contribution in [2.75, 3.05) is 25.0 Å². The lowest BCUT2D eigenvalue weighted by Crippen LogP contribution is -2.44. The van der Waals surface area contributed by atoms with Crippen LogP contribution in [-0.4, -0.2) is 47.0 Å². The number of urea groups is 1. The van der Waals surface area contributed by atoms with Gasteiger partial charge in [0.15, 0.2) is 0 Å². The highest BCUT2D eigenvalue weighted by Gasteiger charge is 2.34. The Bertz CT molecular complexity index is 941. The van der Waals surface area contributed by atoms with Gasteiger partial charge in [0.25, 0.3) is 5.91 Å². The number of carbonyl (C=O) groups is 2. The Morgan fingerprint density at radius 2 is 2.03 bits per heavy atom. The van der Waals surface area contributed by atoms with Crippen LogP contribution < -0.4 is 10.6 Å². The zero-order valence-electron chi connectivity index (χ0n) is 16.3. The Hall–Kier alpha value is -2.82. The summed E-state index contributed by atoms with van der Waals surface area (Å²) in [6.07, 6.45) is 2.62. The molecule has 0 saturated carbocycles. The van der Waals surface area contributed by atoms with Gasteiger partial charge < -0.3 is 15.5 Å². The number of amides is 3. The summed E-state index contributed by atoms with van der Waals surface area (Å²) in [7, 11) is 0. The summed E-state index contributed by atoms with van der Waals surface area (Å²) in [6, 6.07) is 7.71. The lowest BCUT2D eigenvalue weighted by atomic mass is 9.97. The SMILES string of the molecule is O=C(NCC1CCCN(C(=O)c2cccnc2SC(F)(F)F)C1)Nc1cccc(F)c1. The van der Waals surface area contributed by atoms with E-state index >= 15 is 0 Å². The number of rotatable bonds is 5. The fourth-order valence-electron chi connectivity index (χ4n) is 3.31. The van der Waals surface area contributed by atoms with E-state index in [9.17, 15) is 27.2 Å². The van der Waals surface area contributed by atoms with Gasteiger partial charge in [0.05, 0.1) is 5.56 Å². The van der Waals surface area contributed by atoms with Gasteiger partial charge in [-0.2, -0.15) is 13.2 Å². The predicted octanol–water partition coefficient (Wildman–Crippen LogP) is 4.51. The molecule has 0 spiro atoms. The molecule has 11 heteroatoms. The van der Waals surface area contributed by atoms with Crippen LogP contribution in [0.5, 0.6) is 0 Å². The maximum absolute atomic E-state index is 13.2. The third kappa shape index (κ3) is 6.84. The molecule has 1 saturated heterocycles. The lowest BCUT2D eigenvalue weighted by Gasteiger charge is -2.33. The molecule has 1 unspecified atom stereocenters. The molecule has 1 aromatic heterocycles. The van der Waals surface area contributed by atoms with E-state index in [1.807, 2.05) is 0 Å². The molecule has 1 aliphatic rings. The third-order valence-electron chi connectivity index (χ3n) is 4.65. The van der Waals surface area contributed by atoms with Crippen molar-refractivity contribution >= 4 is 29.4 Å². The minimum absolute atomic E-state index is 0.0636. The number of nitrogens with one attached hydrogen (secondary N) is 2. The largest absolute Gasteiger partial charge is 0.447 e. The van der Waals surface area contributed by atoms with Crippen molar-refractivity contribution < 1.29 is 27.2 Å². The monoisotopic (exact) mass is 456 g/mol. The summed E-state index contributed by atoms with van der Waals surface area (Å²) in [6.45, 7) is 0.974. The minimum atomic E-state index is -4.55. The van der Waals surface area contributed by atoms with Crippen LogP contribution in [-0.2, 0) is 0 Å². The second kappa shape index (κ2) is 9.99. The van der Waals surface area contributed by atoms with Gasteiger partial charge in [0.2, 0.25) is 0 Å². The van der Waals surface area contributed by atoms with Crippen molar-refractivity contribution in [2.24, 2.45) is 5.92 Å². The van der Waals surface area contributed by atoms with E-state index in [0.29, 0.717) is 25.2 Å². The van der Waals surface area contributed by atoms with Crippen molar-refractivity contribution in [3.05, 3.63) is 54.0 Å². The number of pyridine rings is 1. The Morgan fingerprint density at radius 1 is 1.23 bits per heavy atom. The van der Waals surface area contributed by atoms with Crippen molar-refractivity contribution in [1.82, 2.24) is 15.2 Å². The number of nitrogens with zero attached hydrogens (tertiary/aromatic N) is 2. The van der Waals surface area contributed by atoms with Crippen LogP contribution in [0, 0.1) is 11.7 Å². The molecule has 2 aromatic rings. The number of carbonyl (C=O) groups excluding carboxylic acids is 2. The number of anilines is 1. The van der Waals surface area contributed by atoms with Crippen molar-refractivity contribution in [3.63, 3.8) is 0 Å². The normalized spacial score (nSPS) is 16.6. The van der Waals surface area contributed by atoms with E-state index < -0.39 is 35.0 Å². The van der Waals surface area contributed by atoms with Gasteiger partial charge in [-0.05, 0) is 49.1 Å². The molecule has 6 nitrogen and oxygen atoms in total. The molecule has 0 bridgehead atoms. The second-order valence-corrected chi connectivity index (χ2v) is 8.06. The van der Waals surface area contributed by atoms with Crippen LogP contribution in [0.2, 0.25) is 0 Å². The number of halogens is 4. The van der Waals surface area contributed by atoms with Crippen LogP contribution in [0.25, 0.3) is 0 Å². The maximum atomic E-state index is 13.2. The quantitative estimate of drug-likeness (QED) is 0.513.